The van der Waals surface area contributed by atoms with Gasteiger partial charge < -0.3 is 10.1 Å². The van der Waals surface area contributed by atoms with Gasteiger partial charge in [-0.15, -0.1) is 0 Å². The first-order valence-corrected chi connectivity index (χ1v) is 6.11. The predicted octanol–water partition coefficient (Wildman–Crippen LogP) is 2.93. The first kappa shape index (κ1) is 13.5. The number of benzene rings is 1. The molecule has 0 amide bonds. The van der Waals surface area contributed by atoms with Gasteiger partial charge in [-0.05, 0) is 24.1 Å². The van der Waals surface area contributed by atoms with Crippen LogP contribution in [-0.4, -0.2) is 23.6 Å². The fourth-order valence-electron chi connectivity index (χ4n) is 1.64. The van der Waals surface area contributed by atoms with Crippen molar-refractivity contribution in [1.82, 2.24) is 9.97 Å². The molecule has 0 fully saturated rings. The molecule has 0 bridgehead atoms. The van der Waals surface area contributed by atoms with Crippen LogP contribution >= 0.6 is 11.6 Å². The molecule has 1 aromatic heterocycles. The van der Waals surface area contributed by atoms with Crippen molar-refractivity contribution in [3.05, 3.63) is 47.1 Å². The maximum Gasteiger partial charge on any atom is 0.198 e. The van der Waals surface area contributed by atoms with Crippen LogP contribution in [0.25, 0.3) is 0 Å². The highest BCUT2D eigenvalue weighted by molar-refractivity contribution is 6.31. The van der Waals surface area contributed by atoms with Crippen molar-refractivity contribution in [1.29, 1.82) is 0 Å². The summed E-state index contributed by atoms with van der Waals surface area (Å²) in [6.07, 6.45) is 2.11. The zero-order chi connectivity index (χ0) is 13.7. The van der Waals surface area contributed by atoms with Crippen LogP contribution in [0.1, 0.15) is 5.56 Å². The molecule has 19 heavy (non-hydrogen) atoms. The molecule has 2 rings (SSSR count). The van der Waals surface area contributed by atoms with Crippen LogP contribution in [0.5, 0.6) is 5.75 Å². The lowest BCUT2D eigenvalue weighted by Crippen LogP contribution is -2.08. The van der Waals surface area contributed by atoms with Crippen molar-refractivity contribution in [3.63, 3.8) is 0 Å². The third kappa shape index (κ3) is 3.54. The number of hydrogen-bond donors (Lipinski definition) is 1. The minimum atomic E-state index is -0.235. The number of anilines is 1. The standard InChI is InChI=1S/C13H13ClFN3O/c1-19-11-12(14)17-8-18-13(11)16-7-6-9-2-4-10(15)5-3-9/h2-5,8H,6-7H2,1H3,(H,16,17,18). The number of nitrogens with zero attached hydrogens (tertiary/aromatic N) is 2. The van der Waals surface area contributed by atoms with E-state index < -0.39 is 0 Å². The summed E-state index contributed by atoms with van der Waals surface area (Å²) in [5, 5.41) is 3.38. The molecule has 100 valence electrons. The second-order valence-corrected chi connectivity index (χ2v) is 4.21. The Morgan fingerprint density at radius 3 is 2.68 bits per heavy atom. The monoisotopic (exact) mass is 281 g/mol. The normalized spacial score (nSPS) is 10.3. The zero-order valence-corrected chi connectivity index (χ0v) is 11.1. The molecular formula is C13H13ClFN3O. The SMILES string of the molecule is COc1c(Cl)ncnc1NCCc1ccc(F)cc1. The summed E-state index contributed by atoms with van der Waals surface area (Å²) in [7, 11) is 1.51. The second kappa shape index (κ2) is 6.33. The average Bonchev–Trinajstić information content (AvgIpc) is 2.41. The molecule has 0 saturated heterocycles. The Bertz CT molecular complexity index is 548. The first-order valence-electron chi connectivity index (χ1n) is 5.73. The summed E-state index contributed by atoms with van der Waals surface area (Å²) in [5.41, 5.74) is 1.04. The molecular weight excluding hydrogens is 269 g/mol. The van der Waals surface area contributed by atoms with E-state index in [0.29, 0.717) is 18.1 Å². The molecule has 0 radical (unpaired) electrons. The van der Waals surface area contributed by atoms with E-state index in [9.17, 15) is 4.39 Å². The van der Waals surface area contributed by atoms with Gasteiger partial charge in [0.1, 0.15) is 12.1 Å². The summed E-state index contributed by atoms with van der Waals surface area (Å²) in [5.74, 6) is 0.730. The van der Waals surface area contributed by atoms with Crippen LogP contribution in [-0.2, 0) is 6.42 Å². The molecule has 0 unspecified atom stereocenters. The highest BCUT2D eigenvalue weighted by atomic mass is 35.5. The van der Waals surface area contributed by atoms with Gasteiger partial charge in [0.2, 0.25) is 0 Å². The number of methoxy groups -OCH3 is 1. The fraction of sp³-hybridized carbons (Fsp3) is 0.231. The molecule has 1 aromatic carbocycles. The highest BCUT2D eigenvalue weighted by Gasteiger charge is 2.09. The summed E-state index contributed by atoms with van der Waals surface area (Å²) in [6, 6.07) is 6.39. The largest absolute Gasteiger partial charge is 0.490 e. The average molecular weight is 282 g/mol. The molecule has 2 aromatic rings. The highest BCUT2D eigenvalue weighted by Crippen LogP contribution is 2.28. The molecule has 1 N–H and O–H groups in total. The molecule has 0 aliphatic heterocycles. The Hall–Kier alpha value is -1.88. The van der Waals surface area contributed by atoms with Crippen LogP contribution in [0.4, 0.5) is 10.2 Å². The lowest BCUT2D eigenvalue weighted by Gasteiger charge is -2.10. The Morgan fingerprint density at radius 1 is 1.26 bits per heavy atom. The van der Waals surface area contributed by atoms with E-state index in [2.05, 4.69) is 15.3 Å². The predicted molar refractivity (Wildman–Crippen MR) is 72.2 cm³/mol. The van der Waals surface area contributed by atoms with Crippen LogP contribution in [0.2, 0.25) is 5.15 Å². The molecule has 0 saturated carbocycles. The molecule has 1 heterocycles. The fourth-order valence-corrected chi connectivity index (χ4v) is 1.85. The van der Waals surface area contributed by atoms with E-state index in [0.717, 1.165) is 12.0 Å². The summed E-state index contributed by atoms with van der Waals surface area (Å²) in [4.78, 5) is 7.90. The number of hydrogen-bond acceptors (Lipinski definition) is 4. The van der Waals surface area contributed by atoms with Gasteiger partial charge in [0.15, 0.2) is 16.7 Å². The molecule has 4 nitrogen and oxygen atoms in total. The molecule has 0 spiro atoms. The lowest BCUT2D eigenvalue weighted by atomic mass is 10.1. The Kier molecular flexibility index (Phi) is 4.52. The quantitative estimate of drug-likeness (QED) is 0.856. The Labute approximate surface area is 115 Å². The van der Waals surface area contributed by atoms with Gasteiger partial charge in [0.05, 0.1) is 7.11 Å². The van der Waals surface area contributed by atoms with Crippen molar-refractivity contribution in [2.75, 3.05) is 19.0 Å². The van der Waals surface area contributed by atoms with E-state index in [1.807, 2.05) is 0 Å². The number of ether oxygens (including phenoxy) is 1. The third-order valence-corrected chi connectivity index (χ3v) is 2.85. The van der Waals surface area contributed by atoms with E-state index in [1.54, 1.807) is 12.1 Å². The van der Waals surface area contributed by atoms with Gasteiger partial charge >= 0.3 is 0 Å². The summed E-state index contributed by atoms with van der Waals surface area (Å²) < 4.78 is 17.9. The van der Waals surface area contributed by atoms with E-state index in [4.69, 9.17) is 16.3 Å². The topological polar surface area (TPSA) is 47.0 Å². The Morgan fingerprint density at radius 2 is 2.00 bits per heavy atom. The van der Waals surface area contributed by atoms with Gasteiger partial charge in [0.25, 0.3) is 0 Å². The molecule has 0 aliphatic carbocycles. The second-order valence-electron chi connectivity index (χ2n) is 3.85. The Balaban J connectivity index is 1.96. The third-order valence-electron chi connectivity index (χ3n) is 2.58. The smallest absolute Gasteiger partial charge is 0.198 e. The summed E-state index contributed by atoms with van der Waals surface area (Å²) >= 11 is 5.89. The van der Waals surface area contributed by atoms with Gasteiger partial charge in [-0.1, -0.05) is 23.7 Å². The van der Waals surface area contributed by atoms with Crippen LogP contribution in [0, 0.1) is 5.82 Å². The van der Waals surface area contributed by atoms with Crippen molar-refractivity contribution >= 4 is 17.4 Å². The molecule has 0 aliphatic rings. The summed E-state index contributed by atoms with van der Waals surface area (Å²) in [6.45, 7) is 0.634. The van der Waals surface area contributed by atoms with Gasteiger partial charge in [-0.3, -0.25) is 0 Å². The van der Waals surface area contributed by atoms with Crippen LogP contribution < -0.4 is 10.1 Å². The maximum atomic E-state index is 12.8. The number of nitrogens with one attached hydrogen (secondary N) is 1. The van der Waals surface area contributed by atoms with Crippen molar-refractivity contribution in [3.8, 4) is 5.75 Å². The van der Waals surface area contributed by atoms with Gasteiger partial charge in [-0.25, -0.2) is 14.4 Å². The van der Waals surface area contributed by atoms with Crippen LogP contribution in [0.15, 0.2) is 30.6 Å². The number of halogens is 2. The van der Waals surface area contributed by atoms with E-state index in [1.165, 1.54) is 25.6 Å². The maximum absolute atomic E-state index is 12.8. The van der Waals surface area contributed by atoms with Crippen molar-refractivity contribution < 1.29 is 9.13 Å². The van der Waals surface area contributed by atoms with Crippen LogP contribution in [0.3, 0.4) is 0 Å². The van der Waals surface area contributed by atoms with Crippen molar-refractivity contribution in [2.24, 2.45) is 0 Å². The van der Waals surface area contributed by atoms with E-state index >= 15 is 0 Å². The van der Waals surface area contributed by atoms with E-state index in [-0.39, 0.29) is 11.0 Å². The number of aromatic nitrogens is 2. The van der Waals surface area contributed by atoms with Crippen molar-refractivity contribution in [2.45, 2.75) is 6.42 Å². The molecule has 0 atom stereocenters. The number of rotatable bonds is 5. The lowest BCUT2D eigenvalue weighted by molar-refractivity contribution is 0.413. The van der Waals surface area contributed by atoms with Gasteiger partial charge in [0, 0.05) is 6.54 Å². The first-order chi connectivity index (χ1) is 9.20. The minimum Gasteiger partial charge on any atom is -0.490 e. The molecule has 6 heteroatoms. The van der Waals surface area contributed by atoms with Gasteiger partial charge in [-0.2, -0.15) is 0 Å². The minimum absolute atomic E-state index is 0.235. The zero-order valence-electron chi connectivity index (χ0n) is 10.4.